The van der Waals surface area contributed by atoms with Crippen molar-refractivity contribution in [1.82, 2.24) is 10.2 Å². The van der Waals surface area contributed by atoms with E-state index in [-0.39, 0.29) is 11.9 Å². The number of amides is 1. The molecule has 0 bridgehead atoms. The Kier molecular flexibility index (Phi) is 4.05. The van der Waals surface area contributed by atoms with Crippen molar-refractivity contribution >= 4 is 5.91 Å². The lowest BCUT2D eigenvalue weighted by Crippen LogP contribution is -2.37. The van der Waals surface area contributed by atoms with Crippen molar-refractivity contribution in [3.05, 3.63) is 11.3 Å². The number of ether oxygens (including phenoxy) is 1. The Balaban J connectivity index is 2.08. The number of allylic oxidation sites excluding steroid dienone is 1. The molecule has 0 radical (unpaired) electrons. The lowest BCUT2D eigenvalue weighted by molar-refractivity contribution is -0.118. The van der Waals surface area contributed by atoms with Crippen molar-refractivity contribution < 1.29 is 9.53 Å². The fraction of sp³-hybridized carbons (Fsp3) is 0.769. The van der Waals surface area contributed by atoms with Gasteiger partial charge < -0.3 is 15.0 Å². The van der Waals surface area contributed by atoms with Gasteiger partial charge >= 0.3 is 0 Å². The Morgan fingerprint density at radius 1 is 1.29 bits per heavy atom. The van der Waals surface area contributed by atoms with E-state index < -0.39 is 0 Å². The van der Waals surface area contributed by atoms with Gasteiger partial charge in [0.05, 0.1) is 13.2 Å². The van der Waals surface area contributed by atoms with Gasteiger partial charge in [0, 0.05) is 30.4 Å². The minimum atomic E-state index is 0.124. The highest BCUT2D eigenvalue weighted by Crippen LogP contribution is 2.29. The second kappa shape index (κ2) is 5.54. The van der Waals surface area contributed by atoms with Crippen LogP contribution < -0.4 is 5.32 Å². The highest BCUT2D eigenvalue weighted by atomic mass is 16.5. The van der Waals surface area contributed by atoms with Crippen LogP contribution in [0, 0.1) is 0 Å². The molecule has 2 rings (SSSR count). The average Bonchev–Trinajstić information content (AvgIpc) is 2.78. The first kappa shape index (κ1) is 12.4. The van der Waals surface area contributed by atoms with Crippen LogP contribution in [0.2, 0.25) is 0 Å². The van der Waals surface area contributed by atoms with E-state index in [2.05, 4.69) is 10.2 Å². The Bertz CT molecular complexity index is 317. The Morgan fingerprint density at radius 3 is 2.65 bits per heavy atom. The van der Waals surface area contributed by atoms with E-state index in [0.29, 0.717) is 0 Å². The normalized spacial score (nSPS) is 21.2. The van der Waals surface area contributed by atoms with Gasteiger partial charge in [-0.3, -0.25) is 4.79 Å². The van der Waals surface area contributed by atoms with Crippen LogP contribution >= 0.6 is 0 Å². The van der Waals surface area contributed by atoms with E-state index in [1.165, 1.54) is 5.70 Å². The summed E-state index contributed by atoms with van der Waals surface area (Å²) in [5.74, 6) is 0.124. The summed E-state index contributed by atoms with van der Waals surface area (Å²) in [6, 6.07) is 0.210. The van der Waals surface area contributed by atoms with Crippen molar-refractivity contribution in [2.75, 3.05) is 26.3 Å². The highest BCUT2D eigenvalue weighted by Gasteiger charge is 2.26. The molecule has 96 valence electrons. The van der Waals surface area contributed by atoms with E-state index in [4.69, 9.17) is 4.74 Å². The SMILES string of the molecule is CC(C)NC(=O)C1=C(N2CCOCC2)CCC1. The molecule has 1 saturated heterocycles. The standard InChI is InChI=1S/C13H22N2O2/c1-10(2)14-13(16)11-4-3-5-12(11)15-6-8-17-9-7-15/h10H,3-9H2,1-2H3,(H,14,16). The highest BCUT2D eigenvalue weighted by molar-refractivity contribution is 5.94. The summed E-state index contributed by atoms with van der Waals surface area (Å²) in [5.41, 5.74) is 2.26. The second-order valence-corrected chi connectivity index (χ2v) is 5.01. The van der Waals surface area contributed by atoms with E-state index in [1.807, 2.05) is 13.8 Å². The molecule has 1 N–H and O–H groups in total. The molecule has 1 heterocycles. The Hall–Kier alpha value is -1.03. The zero-order valence-electron chi connectivity index (χ0n) is 10.8. The quantitative estimate of drug-likeness (QED) is 0.805. The zero-order chi connectivity index (χ0) is 12.3. The van der Waals surface area contributed by atoms with Gasteiger partial charge in [0.15, 0.2) is 0 Å². The Labute approximate surface area is 103 Å². The molecule has 4 heteroatoms. The van der Waals surface area contributed by atoms with Crippen LogP contribution in [0.1, 0.15) is 33.1 Å². The van der Waals surface area contributed by atoms with Gasteiger partial charge in [0.2, 0.25) is 5.91 Å². The van der Waals surface area contributed by atoms with Crippen LogP contribution in [0.3, 0.4) is 0 Å². The smallest absolute Gasteiger partial charge is 0.249 e. The molecule has 2 aliphatic rings. The third-order valence-corrected chi connectivity index (χ3v) is 3.28. The first-order valence-electron chi connectivity index (χ1n) is 6.54. The first-order chi connectivity index (χ1) is 8.18. The molecule has 1 amide bonds. The Morgan fingerprint density at radius 2 is 2.00 bits per heavy atom. The van der Waals surface area contributed by atoms with Gasteiger partial charge in [0.1, 0.15) is 0 Å². The summed E-state index contributed by atoms with van der Waals surface area (Å²) in [7, 11) is 0. The van der Waals surface area contributed by atoms with Crippen LogP contribution in [0.5, 0.6) is 0 Å². The lowest BCUT2D eigenvalue weighted by atomic mass is 10.2. The fourth-order valence-corrected chi connectivity index (χ4v) is 2.50. The van der Waals surface area contributed by atoms with Gasteiger partial charge in [0.25, 0.3) is 0 Å². The topological polar surface area (TPSA) is 41.6 Å². The third-order valence-electron chi connectivity index (χ3n) is 3.28. The molecule has 1 aliphatic heterocycles. The molecule has 0 aromatic rings. The largest absolute Gasteiger partial charge is 0.378 e. The minimum absolute atomic E-state index is 0.124. The number of hydrogen-bond acceptors (Lipinski definition) is 3. The van der Waals surface area contributed by atoms with Crippen LogP contribution in [-0.2, 0) is 9.53 Å². The van der Waals surface area contributed by atoms with Gasteiger partial charge in [-0.15, -0.1) is 0 Å². The van der Waals surface area contributed by atoms with Crippen LogP contribution in [0.25, 0.3) is 0 Å². The molecule has 0 aromatic carbocycles. The first-order valence-corrected chi connectivity index (χ1v) is 6.54. The molecule has 0 spiro atoms. The number of nitrogens with one attached hydrogen (secondary N) is 1. The number of nitrogens with zero attached hydrogens (tertiary/aromatic N) is 1. The van der Waals surface area contributed by atoms with E-state index in [0.717, 1.165) is 51.1 Å². The molecule has 0 atom stereocenters. The summed E-state index contributed by atoms with van der Waals surface area (Å²) in [6.07, 6.45) is 3.07. The molecule has 0 aromatic heterocycles. The molecular formula is C13H22N2O2. The number of morpholine rings is 1. The number of hydrogen-bond donors (Lipinski definition) is 1. The summed E-state index contributed by atoms with van der Waals surface area (Å²) in [5, 5.41) is 3.00. The average molecular weight is 238 g/mol. The van der Waals surface area contributed by atoms with Crippen molar-refractivity contribution in [2.45, 2.75) is 39.2 Å². The summed E-state index contributed by atoms with van der Waals surface area (Å²) >= 11 is 0. The van der Waals surface area contributed by atoms with Gasteiger partial charge in [-0.25, -0.2) is 0 Å². The summed E-state index contributed by atoms with van der Waals surface area (Å²) in [4.78, 5) is 14.4. The number of rotatable bonds is 3. The molecule has 4 nitrogen and oxygen atoms in total. The van der Waals surface area contributed by atoms with Crippen LogP contribution in [0.4, 0.5) is 0 Å². The van der Waals surface area contributed by atoms with E-state index in [9.17, 15) is 4.79 Å². The van der Waals surface area contributed by atoms with Gasteiger partial charge in [-0.1, -0.05) is 0 Å². The number of carbonyl (C=O) groups is 1. The van der Waals surface area contributed by atoms with Crippen LogP contribution in [-0.4, -0.2) is 43.2 Å². The fourth-order valence-electron chi connectivity index (χ4n) is 2.50. The summed E-state index contributed by atoms with van der Waals surface area (Å²) in [6.45, 7) is 7.41. The molecule has 1 aliphatic carbocycles. The maximum absolute atomic E-state index is 12.1. The van der Waals surface area contributed by atoms with Crippen molar-refractivity contribution in [2.24, 2.45) is 0 Å². The maximum Gasteiger partial charge on any atom is 0.249 e. The molecule has 0 unspecified atom stereocenters. The minimum Gasteiger partial charge on any atom is -0.378 e. The predicted octanol–water partition coefficient (Wildman–Crippen LogP) is 1.28. The second-order valence-electron chi connectivity index (χ2n) is 5.01. The lowest BCUT2D eigenvalue weighted by Gasteiger charge is -2.30. The zero-order valence-corrected chi connectivity index (χ0v) is 10.8. The van der Waals surface area contributed by atoms with Crippen molar-refractivity contribution in [1.29, 1.82) is 0 Å². The van der Waals surface area contributed by atoms with Crippen molar-refractivity contribution in [3.8, 4) is 0 Å². The number of carbonyl (C=O) groups excluding carboxylic acids is 1. The maximum atomic E-state index is 12.1. The summed E-state index contributed by atoms with van der Waals surface area (Å²) < 4.78 is 5.35. The van der Waals surface area contributed by atoms with Crippen LogP contribution in [0.15, 0.2) is 11.3 Å². The predicted molar refractivity (Wildman–Crippen MR) is 66.5 cm³/mol. The van der Waals surface area contributed by atoms with Gasteiger partial charge in [-0.05, 0) is 33.1 Å². The molecular weight excluding hydrogens is 216 g/mol. The third kappa shape index (κ3) is 3.00. The van der Waals surface area contributed by atoms with Gasteiger partial charge in [-0.2, -0.15) is 0 Å². The van der Waals surface area contributed by atoms with Crippen molar-refractivity contribution in [3.63, 3.8) is 0 Å². The monoisotopic (exact) mass is 238 g/mol. The molecule has 17 heavy (non-hydrogen) atoms. The van der Waals surface area contributed by atoms with E-state index >= 15 is 0 Å². The molecule has 1 fully saturated rings. The van der Waals surface area contributed by atoms with E-state index in [1.54, 1.807) is 0 Å². The molecule has 0 saturated carbocycles.